The van der Waals surface area contributed by atoms with Gasteiger partial charge in [-0.1, -0.05) is 13.0 Å². The van der Waals surface area contributed by atoms with Crippen LogP contribution in [0.3, 0.4) is 0 Å². The number of carbonyl (C=O) groups is 2. The SMILES string of the molecule is C[C@@H](C[CH]CNC(=O)c1cccc2occc12)C(N)=O. The van der Waals surface area contributed by atoms with Crippen LogP contribution in [-0.4, -0.2) is 18.4 Å². The van der Waals surface area contributed by atoms with Crippen LogP contribution in [0.15, 0.2) is 34.9 Å². The molecule has 0 bridgehead atoms. The van der Waals surface area contributed by atoms with E-state index < -0.39 is 0 Å². The van der Waals surface area contributed by atoms with Gasteiger partial charge in [-0.3, -0.25) is 9.59 Å². The Hall–Kier alpha value is -2.30. The number of hydrogen-bond donors (Lipinski definition) is 2. The Labute approximate surface area is 117 Å². The van der Waals surface area contributed by atoms with E-state index in [9.17, 15) is 9.59 Å². The summed E-state index contributed by atoms with van der Waals surface area (Å²) in [6.45, 7) is 2.15. The predicted octanol–water partition coefficient (Wildman–Crippen LogP) is 1.88. The number of furan rings is 1. The molecule has 2 amide bonds. The van der Waals surface area contributed by atoms with Crippen LogP contribution < -0.4 is 11.1 Å². The van der Waals surface area contributed by atoms with Crippen molar-refractivity contribution in [3.05, 3.63) is 42.5 Å². The molecule has 0 unspecified atom stereocenters. The van der Waals surface area contributed by atoms with Crippen molar-refractivity contribution in [1.82, 2.24) is 5.32 Å². The molecule has 0 spiro atoms. The minimum absolute atomic E-state index is 0.167. The summed E-state index contributed by atoms with van der Waals surface area (Å²) in [6, 6.07) is 7.11. The van der Waals surface area contributed by atoms with Crippen molar-refractivity contribution >= 4 is 22.8 Å². The summed E-state index contributed by atoms with van der Waals surface area (Å²) in [5, 5.41) is 3.57. The van der Waals surface area contributed by atoms with Crippen molar-refractivity contribution in [1.29, 1.82) is 0 Å². The first-order chi connectivity index (χ1) is 9.59. The summed E-state index contributed by atoms with van der Waals surface area (Å²) in [5.74, 6) is -0.722. The van der Waals surface area contributed by atoms with Gasteiger partial charge < -0.3 is 15.5 Å². The molecular weight excluding hydrogens is 256 g/mol. The third-order valence-electron chi connectivity index (χ3n) is 3.15. The maximum atomic E-state index is 12.1. The fourth-order valence-electron chi connectivity index (χ4n) is 1.90. The van der Waals surface area contributed by atoms with Crippen LogP contribution in [0.1, 0.15) is 23.7 Å². The topological polar surface area (TPSA) is 85.3 Å². The zero-order valence-electron chi connectivity index (χ0n) is 11.3. The highest BCUT2D eigenvalue weighted by Crippen LogP contribution is 2.19. The van der Waals surface area contributed by atoms with E-state index in [0.717, 1.165) is 5.39 Å². The molecular formula is C15H17N2O3. The Kier molecular flexibility index (Phi) is 4.40. The van der Waals surface area contributed by atoms with Gasteiger partial charge in [0.25, 0.3) is 5.91 Å². The largest absolute Gasteiger partial charge is 0.464 e. The second-order valence-corrected chi connectivity index (χ2v) is 4.68. The lowest BCUT2D eigenvalue weighted by molar-refractivity contribution is -0.121. The molecule has 1 atom stereocenters. The van der Waals surface area contributed by atoms with Crippen molar-refractivity contribution in [3.63, 3.8) is 0 Å². The average molecular weight is 273 g/mol. The van der Waals surface area contributed by atoms with E-state index in [0.29, 0.717) is 24.1 Å². The van der Waals surface area contributed by atoms with Crippen LogP contribution in [0.4, 0.5) is 0 Å². The molecule has 1 aromatic heterocycles. The standard InChI is InChI=1S/C15H17N2O3/c1-10(14(16)18)4-3-8-17-15(19)12-5-2-6-13-11(12)7-9-20-13/h2-3,5-7,9-10H,4,8H2,1H3,(H2,16,18)(H,17,19)/t10-/m0/s1. The molecule has 5 nitrogen and oxygen atoms in total. The van der Waals surface area contributed by atoms with E-state index in [4.69, 9.17) is 10.2 Å². The third-order valence-corrected chi connectivity index (χ3v) is 3.15. The Bertz CT molecular complexity index is 618. The van der Waals surface area contributed by atoms with Gasteiger partial charge in [-0.25, -0.2) is 0 Å². The molecule has 1 heterocycles. The van der Waals surface area contributed by atoms with Crippen molar-refractivity contribution in [2.75, 3.05) is 6.54 Å². The van der Waals surface area contributed by atoms with E-state index >= 15 is 0 Å². The lowest BCUT2D eigenvalue weighted by Gasteiger charge is -2.08. The van der Waals surface area contributed by atoms with Crippen molar-refractivity contribution in [3.8, 4) is 0 Å². The molecule has 2 rings (SSSR count). The highest BCUT2D eigenvalue weighted by atomic mass is 16.3. The number of hydrogen-bond acceptors (Lipinski definition) is 3. The monoisotopic (exact) mass is 273 g/mol. The second-order valence-electron chi connectivity index (χ2n) is 4.68. The molecule has 1 aromatic carbocycles. The van der Waals surface area contributed by atoms with E-state index in [-0.39, 0.29) is 17.7 Å². The first-order valence-electron chi connectivity index (χ1n) is 6.45. The highest BCUT2D eigenvalue weighted by molar-refractivity contribution is 6.05. The maximum absolute atomic E-state index is 12.1. The number of benzene rings is 1. The van der Waals surface area contributed by atoms with E-state index in [1.54, 1.807) is 31.4 Å². The zero-order valence-corrected chi connectivity index (χ0v) is 11.3. The Balaban J connectivity index is 1.89. The van der Waals surface area contributed by atoms with Crippen LogP contribution in [0.2, 0.25) is 0 Å². The number of nitrogens with two attached hydrogens (primary N) is 1. The number of rotatable bonds is 6. The molecule has 0 fully saturated rings. The number of amides is 2. The molecule has 0 aliphatic rings. The molecule has 20 heavy (non-hydrogen) atoms. The zero-order chi connectivity index (χ0) is 14.5. The molecule has 0 aliphatic carbocycles. The van der Waals surface area contributed by atoms with Gasteiger partial charge >= 0.3 is 0 Å². The van der Waals surface area contributed by atoms with E-state index in [2.05, 4.69) is 5.32 Å². The summed E-state index contributed by atoms with van der Waals surface area (Å²) < 4.78 is 5.25. The Morgan fingerprint density at radius 3 is 2.95 bits per heavy atom. The molecule has 105 valence electrons. The normalized spacial score (nSPS) is 12.2. The quantitative estimate of drug-likeness (QED) is 0.788. The summed E-state index contributed by atoms with van der Waals surface area (Å²) in [7, 11) is 0. The van der Waals surface area contributed by atoms with Gasteiger partial charge in [-0.2, -0.15) is 0 Å². The summed E-state index contributed by atoms with van der Waals surface area (Å²) in [4.78, 5) is 22.9. The number of primary amides is 1. The fraction of sp³-hybridized carbons (Fsp3) is 0.267. The van der Waals surface area contributed by atoms with Crippen LogP contribution in [-0.2, 0) is 4.79 Å². The van der Waals surface area contributed by atoms with Crippen LogP contribution >= 0.6 is 0 Å². The minimum atomic E-state index is -0.337. The molecule has 0 saturated heterocycles. The first kappa shape index (κ1) is 14.1. The van der Waals surface area contributed by atoms with Gasteiger partial charge in [0.05, 0.1) is 11.8 Å². The molecule has 1 radical (unpaired) electrons. The second kappa shape index (κ2) is 6.23. The third kappa shape index (κ3) is 3.17. The summed E-state index contributed by atoms with van der Waals surface area (Å²) >= 11 is 0. The van der Waals surface area contributed by atoms with Gasteiger partial charge in [0.2, 0.25) is 5.91 Å². The fourth-order valence-corrected chi connectivity index (χ4v) is 1.90. The van der Waals surface area contributed by atoms with Gasteiger partial charge in [0, 0.05) is 17.8 Å². The van der Waals surface area contributed by atoms with Crippen molar-refractivity contribution < 1.29 is 14.0 Å². The molecule has 5 heteroatoms. The summed E-state index contributed by atoms with van der Waals surface area (Å²) in [6.07, 6.45) is 3.94. The minimum Gasteiger partial charge on any atom is -0.464 e. The molecule has 0 aliphatic heterocycles. The molecule has 3 N–H and O–H groups in total. The van der Waals surface area contributed by atoms with Crippen LogP contribution in [0.25, 0.3) is 11.0 Å². The van der Waals surface area contributed by atoms with Crippen molar-refractivity contribution in [2.24, 2.45) is 11.7 Å². The number of carbonyl (C=O) groups excluding carboxylic acids is 2. The first-order valence-corrected chi connectivity index (χ1v) is 6.45. The number of nitrogens with one attached hydrogen (secondary N) is 1. The maximum Gasteiger partial charge on any atom is 0.252 e. The lowest BCUT2D eigenvalue weighted by Crippen LogP contribution is -2.26. The van der Waals surface area contributed by atoms with Gasteiger partial charge in [0.15, 0.2) is 0 Å². The Morgan fingerprint density at radius 2 is 2.20 bits per heavy atom. The van der Waals surface area contributed by atoms with Crippen molar-refractivity contribution in [2.45, 2.75) is 13.3 Å². The van der Waals surface area contributed by atoms with Crippen LogP contribution in [0.5, 0.6) is 0 Å². The highest BCUT2D eigenvalue weighted by Gasteiger charge is 2.12. The lowest BCUT2D eigenvalue weighted by atomic mass is 10.1. The van der Waals surface area contributed by atoms with E-state index in [1.165, 1.54) is 0 Å². The Morgan fingerprint density at radius 1 is 1.40 bits per heavy atom. The average Bonchev–Trinajstić information content (AvgIpc) is 2.90. The molecule has 0 saturated carbocycles. The van der Waals surface area contributed by atoms with Crippen LogP contribution in [0, 0.1) is 12.3 Å². The predicted molar refractivity (Wildman–Crippen MR) is 75.8 cm³/mol. The van der Waals surface area contributed by atoms with E-state index in [1.807, 2.05) is 12.5 Å². The van der Waals surface area contributed by atoms with Gasteiger partial charge in [-0.15, -0.1) is 0 Å². The van der Waals surface area contributed by atoms with Gasteiger partial charge in [-0.05, 0) is 31.0 Å². The smallest absolute Gasteiger partial charge is 0.252 e. The number of fused-ring (bicyclic) bond motifs is 1. The molecule has 2 aromatic rings. The summed E-state index contributed by atoms with van der Waals surface area (Å²) in [5.41, 5.74) is 6.42. The van der Waals surface area contributed by atoms with Gasteiger partial charge in [0.1, 0.15) is 5.58 Å².